The van der Waals surface area contributed by atoms with Crippen molar-refractivity contribution >= 4 is 37.8 Å². The molecule has 0 heterocycles. The summed E-state index contributed by atoms with van der Waals surface area (Å²) in [5.74, 6) is -2.29. The summed E-state index contributed by atoms with van der Waals surface area (Å²) in [7, 11) is 0. The Morgan fingerprint density at radius 1 is 0.893 bits per heavy atom. The van der Waals surface area contributed by atoms with E-state index in [-0.39, 0.29) is 23.3 Å². The molecule has 0 saturated carbocycles. The van der Waals surface area contributed by atoms with Crippen molar-refractivity contribution in [1.29, 1.82) is 0 Å². The highest BCUT2D eigenvalue weighted by molar-refractivity contribution is 9.11. The van der Waals surface area contributed by atoms with Crippen LogP contribution in [-0.4, -0.2) is 18.3 Å². The van der Waals surface area contributed by atoms with Gasteiger partial charge in [-0.05, 0) is 18.2 Å². The lowest BCUT2D eigenvalue weighted by Crippen LogP contribution is -2.50. The van der Waals surface area contributed by atoms with Gasteiger partial charge in [0.2, 0.25) is 0 Å². The number of carbonyl (C=O) groups is 1. The van der Waals surface area contributed by atoms with Gasteiger partial charge in [-0.2, -0.15) is 26.3 Å². The summed E-state index contributed by atoms with van der Waals surface area (Å²) in [6.45, 7) is 0. The zero-order chi connectivity index (χ0) is 21.7. The van der Waals surface area contributed by atoms with Crippen LogP contribution in [0.1, 0.15) is 15.9 Å². The van der Waals surface area contributed by atoms with E-state index < -0.39 is 49.8 Å². The van der Waals surface area contributed by atoms with Crippen LogP contribution < -0.4 is 5.73 Å². The van der Waals surface area contributed by atoms with E-state index in [9.17, 15) is 39.9 Å². The molecule has 0 radical (unpaired) electrons. The SMILES string of the molecule is NC(=O)c1cccc(-c2c(Br)cc(C(F)(C(F)(F)F)C(F)(F)F)cc2Br)c1F. The molecule has 0 saturated heterocycles. The third-order valence-corrected chi connectivity index (χ3v) is 5.01. The van der Waals surface area contributed by atoms with Gasteiger partial charge >= 0.3 is 18.0 Å². The Balaban J connectivity index is 2.78. The Hall–Kier alpha value is -1.69. The number of amides is 1. The average molecular weight is 541 g/mol. The summed E-state index contributed by atoms with van der Waals surface area (Å²) in [5.41, 5.74) is -3.55. The van der Waals surface area contributed by atoms with Crippen LogP contribution in [0.3, 0.4) is 0 Å². The van der Waals surface area contributed by atoms with Gasteiger partial charge in [0.05, 0.1) is 5.56 Å². The minimum absolute atomic E-state index is 0.240. The normalized spacial score (nSPS) is 12.9. The van der Waals surface area contributed by atoms with Gasteiger partial charge in [-0.3, -0.25) is 4.79 Å². The lowest BCUT2D eigenvalue weighted by atomic mass is 9.92. The number of primary amides is 1. The molecule has 2 nitrogen and oxygen atoms in total. The second kappa shape index (κ2) is 7.29. The number of benzene rings is 2. The third-order valence-electron chi connectivity index (χ3n) is 3.75. The number of rotatable bonds is 3. The third kappa shape index (κ3) is 3.63. The summed E-state index contributed by atoms with van der Waals surface area (Å²) in [4.78, 5) is 11.2. The molecule has 0 unspecified atom stereocenters. The molecule has 0 fully saturated rings. The maximum absolute atomic E-state index is 14.5. The van der Waals surface area contributed by atoms with Gasteiger partial charge in [-0.25, -0.2) is 8.78 Å². The molecule has 0 aliphatic rings. The van der Waals surface area contributed by atoms with Crippen LogP contribution in [-0.2, 0) is 5.67 Å². The summed E-state index contributed by atoms with van der Waals surface area (Å²) < 4.78 is 105. The molecule has 0 spiro atoms. The van der Waals surface area contributed by atoms with E-state index in [1.807, 2.05) is 0 Å². The molecule has 12 heteroatoms. The zero-order valence-corrected chi connectivity index (χ0v) is 16.3. The molecule has 0 aromatic heterocycles. The topological polar surface area (TPSA) is 43.1 Å². The first-order valence-electron chi connectivity index (χ1n) is 7.03. The van der Waals surface area contributed by atoms with Crippen LogP contribution in [0.25, 0.3) is 11.1 Å². The molecule has 2 aromatic rings. The van der Waals surface area contributed by atoms with Gasteiger partial charge in [0.15, 0.2) is 0 Å². The van der Waals surface area contributed by atoms with E-state index >= 15 is 0 Å². The number of alkyl halides is 7. The Morgan fingerprint density at radius 3 is 1.75 bits per heavy atom. The molecule has 0 bridgehead atoms. The van der Waals surface area contributed by atoms with Crippen molar-refractivity contribution in [3.63, 3.8) is 0 Å². The van der Waals surface area contributed by atoms with E-state index in [1.165, 1.54) is 6.07 Å². The van der Waals surface area contributed by atoms with E-state index in [4.69, 9.17) is 5.73 Å². The van der Waals surface area contributed by atoms with Crippen molar-refractivity contribution in [1.82, 2.24) is 0 Å². The number of hydrogen-bond acceptors (Lipinski definition) is 1. The smallest absolute Gasteiger partial charge is 0.366 e. The largest absolute Gasteiger partial charge is 0.435 e. The van der Waals surface area contributed by atoms with Crippen LogP contribution in [0.5, 0.6) is 0 Å². The Morgan fingerprint density at radius 2 is 1.36 bits per heavy atom. The van der Waals surface area contributed by atoms with Crippen molar-refractivity contribution in [2.45, 2.75) is 18.0 Å². The quantitative estimate of drug-likeness (QED) is 0.449. The summed E-state index contributed by atoms with van der Waals surface area (Å²) in [6, 6.07) is 3.85. The standard InChI is InChI=1S/C16H7Br2F8NO/c17-9-4-6(14(20,15(21,22)23)16(24,25)26)5-10(18)11(9)7-2-1-3-8(12(7)19)13(27)28/h1-5H,(H2,27,28). The fourth-order valence-corrected chi connectivity index (χ4v) is 4.05. The monoisotopic (exact) mass is 539 g/mol. The molecule has 0 aliphatic carbocycles. The van der Waals surface area contributed by atoms with Gasteiger partial charge in [-0.1, -0.05) is 44.0 Å². The van der Waals surface area contributed by atoms with Gasteiger partial charge in [-0.15, -0.1) is 0 Å². The van der Waals surface area contributed by atoms with Crippen molar-refractivity contribution < 1.29 is 39.9 Å². The zero-order valence-electron chi connectivity index (χ0n) is 13.2. The molecule has 2 aromatic carbocycles. The number of carbonyl (C=O) groups excluding carboxylic acids is 1. The van der Waals surface area contributed by atoms with Gasteiger partial charge in [0.25, 0.3) is 5.91 Å². The second-order valence-electron chi connectivity index (χ2n) is 5.50. The van der Waals surface area contributed by atoms with E-state index in [0.717, 1.165) is 12.1 Å². The summed E-state index contributed by atoms with van der Waals surface area (Å²) in [5, 5.41) is 0. The van der Waals surface area contributed by atoms with Crippen LogP contribution in [0.2, 0.25) is 0 Å². The first-order chi connectivity index (χ1) is 12.6. The van der Waals surface area contributed by atoms with Gasteiger partial charge < -0.3 is 5.73 Å². The molecule has 2 N–H and O–H groups in total. The van der Waals surface area contributed by atoms with Crippen molar-refractivity contribution in [3.8, 4) is 11.1 Å². The fraction of sp³-hybridized carbons (Fsp3) is 0.188. The molecular weight excluding hydrogens is 534 g/mol. The number of halogens is 10. The Bertz CT molecular complexity index is 902. The maximum atomic E-state index is 14.5. The minimum Gasteiger partial charge on any atom is -0.366 e. The lowest BCUT2D eigenvalue weighted by molar-refractivity contribution is -0.348. The van der Waals surface area contributed by atoms with Crippen LogP contribution >= 0.6 is 31.9 Å². The molecule has 0 atom stereocenters. The molecular formula is C16H7Br2F8NO. The summed E-state index contributed by atoms with van der Waals surface area (Å²) in [6.07, 6.45) is -12.6. The predicted molar refractivity (Wildman–Crippen MR) is 90.6 cm³/mol. The van der Waals surface area contributed by atoms with Gasteiger partial charge in [0, 0.05) is 25.6 Å². The van der Waals surface area contributed by atoms with Crippen molar-refractivity contribution in [2.24, 2.45) is 5.73 Å². The van der Waals surface area contributed by atoms with Gasteiger partial charge in [0.1, 0.15) is 5.82 Å². The summed E-state index contributed by atoms with van der Waals surface area (Å²) >= 11 is 5.48. The maximum Gasteiger partial charge on any atom is 0.435 e. The second-order valence-corrected chi connectivity index (χ2v) is 7.21. The number of hydrogen-bond donors (Lipinski definition) is 1. The number of nitrogens with two attached hydrogens (primary N) is 1. The van der Waals surface area contributed by atoms with Crippen LogP contribution in [0.15, 0.2) is 39.3 Å². The first kappa shape index (κ1) is 22.6. The lowest BCUT2D eigenvalue weighted by Gasteiger charge is -2.31. The molecule has 152 valence electrons. The highest BCUT2D eigenvalue weighted by atomic mass is 79.9. The average Bonchev–Trinajstić information content (AvgIpc) is 2.52. The van der Waals surface area contributed by atoms with Crippen molar-refractivity contribution in [3.05, 3.63) is 56.2 Å². The molecule has 1 amide bonds. The molecule has 28 heavy (non-hydrogen) atoms. The van der Waals surface area contributed by atoms with E-state index in [0.29, 0.717) is 0 Å². The predicted octanol–water partition coefficient (Wildman–Crippen LogP) is 6.41. The highest BCUT2D eigenvalue weighted by Crippen LogP contribution is 2.54. The van der Waals surface area contributed by atoms with Crippen LogP contribution in [0, 0.1) is 5.82 Å². The fourth-order valence-electron chi connectivity index (χ4n) is 2.43. The Kier molecular flexibility index (Phi) is 5.88. The van der Waals surface area contributed by atoms with E-state index in [2.05, 4.69) is 31.9 Å². The Labute approximate surface area is 169 Å². The highest BCUT2D eigenvalue weighted by Gasteiger charge is 2.73. The van der Waals surface area contributed by atoms with Crippen LogP contribution in [0.4, 0.5) is 35.1 Å². The first-order valence-corrected chi connectivity index (χ1v) is 8.62. The molecule has 0 aliphatic heterocycles. The molecule has 2 rings (SSSR count). The van der Waals surface area contributed by atoms with Crippen molar-refractivity contribution in [2.75, 3.05) is 0 Å². The van der Waals surface area contributed by atoms with E-state index in [1.54, 1.807) is 0 Å². The minimum atomic E-state index is -6.30.